The molecule has 2 aromatic rings. The minimum atomic E-state index is 0.0331. The van der Waals surface area contributed by atoms with Crippen LogP contribution in [0, 0.1) is 0 Å². The number of aliphatic hydroxyl groups is 1. The molecule has 80 valence electrons. The van der Waals surface area contributed by atoms with Crippen LogP contribution in [0.1, 0.15) is 18.4 Å². The number of aliphatic hydroxyl groups excluding tert-OH is 1. The highest BCUT2D eigenvalue weighted by atomic mass is 16.3. The van der Waals surface area contributed by atoms with Crippen LogP contribution in [0.3, 0.4) is 0 Å². The molecule has 0 aliphatic heterocycles. The summed E-state index contributed by atoms with van der Waals surface area (Å²) in [5.41, 5.74) is 2.42. The van der Waals surface area contributed by atoms with Gasteiger partial charge >= 0.3 is 0 Å². The van der Waals surface area contributed by atoms with Gasteiger partial charge in [0.15, 0.2) is 5.58 Å². The van der Waals surface area contributed by atoms with E-state index in [9.17, 15) is 0 Å². The molecule has 0 atom stereocenters. The average Bonchev–Trinajstić information content (AvgIpc) is 2.67. The van der Waals surface area contributed by atoms with Gasteiger partial charge in [-0.25, -0.2) is 4.98 Å². The molecule has 0 saturated carbocycles. The molecule has 2 rings (SSSR count). The summed E-state index contributed by atoms with van der Waals surface area (Å²) >= 11 is 0. The molecular weight excluding hydrogens is 192 g/mol. The predicted octanol–water partition coefficient (Wildman–Crippen LogP) is 1.43. The van der Waals surface area contributed by atoms with E-state index in [1.165, 1.54) is 0 Å². The third kappa shape index (κ3) is 2.16. The molecule has 0 fully saturated rings. The number of rotatable bonds is 4. The van der Waals surface area contributed by atoms with Crippen LogP contribution in [-0.2, 0) is 13.2 Å². The van der Waals surface area contributed by atoms with E-state index in [1.807, 2.05) is 25.1 Å². The van der Waals surface area contributed by atoms with Gasteiger partial charge in [0.2, 0.25) is 5.89 Å². The molecular formula is C11H14N2O2. The number of fused-ring (bicyclic) bond motifs is 1. The van der Waals surface area contributed by atoms with Crippen LogP contribution in [0.5, 0.6) is 0 Å². The maximum absolute atomic E-state index is 8.97. The van der Waals surface area contributed by atoms with Gasteiger partial charge in [0.25, 0.3) is 0 Å². The number of benzene rings is 1. The summed E-state index contributed by atoms with van der Waals surface area (Å²) in [6.07, 6.45) is 0. The van der Waals surface area contributed by atoms with Crippen LogP contribution in [0.15, 0.2) is 22.6 Å². The van der Waals surface area contributed by atoms with E-state index in [-0.39, 0.29) is 6.61 Å². The minimum absolute atomic E-state index is 0.0331. The SMILES string of the molecule is CCNCc1nc2cc(CO)ccc2o1. The van der Waals surface area contributed by atoms with Gasteiger partial charge in [-0.05, 0) is 24.2 Å². The van der Waals surface area contributed by atoms with Crippen molar-refractivity contribution in [3.63, 3.8) is 0 Å². The Bertz CT molecular complexity index is 451. The highest BCUT2D eigenvalue weighted by molar-refractivity contribution is 5.73. The summed E-state index contributed by atoms with van der Waals surface area (Å²) in [6.45, 7) is 3.60. The first-order valence-corrected chi connectivity index (χ1v) is 5.03. The van der Waals surface area contributed by atoms with Crippen LogP contribution in [0.2, 0.25) is 0 Å². The second-order valence-electron chi connectivity index (χ2n) is 3.35. The number of oxazole rings is 1. The number of hydrogen-bond donors (Lipinski definition) is 2. The lowest BCUT2D eigenvalue weighted by atomic mass is 10.2. The van der Waals surface area contributed by atoms with E-state index in [4.69, 9.17) is 9.52 Å². The van der Waals surface area contributed by atoms with Crippen molar-refractivity contribution in [2.45, 2.75) is 20.1 Å². The lowest BCUT2D eigenvalue weighted by Gasteiger charge is -1.93. The molecule has 1 aromatic heterocycles. The summed E-state index contributed by atoms with van der Waals surface area (Å²) in [5.74, 6) is 0.682. The molecule has 1 heterocycles. The Morgan fingerprint density at radius 3 is 3.07 bits per heavy atom. The molecule has 1 aromatic carbocycles. The smallest absolute Gasteiger partial charge is 0.209 e. The van der Waals surface area contributed by atoms with Crippen molar-refractivity contribution in [3.8, 4) is 0 Å². The molecule has 0 unspecified atom stereocenters. The van der Waals surface area contributed by atoms with Gasteiger partial charge in [0, 0.05) is 0 Å². The summed E-state index contributed by atoms with van der Waals surface area (Å²) in [6, 6.07) is 5.52. The molecule has 0 amide bonds. The van der Waals surface area contributed by atoms with Gasteiger partial charge in [-0.15, -0.1) is 0 Å². The van der Waals surface area contributed by atoms with E-state index < -0.39 is 0 Å². The Morgan fingerprint density at radius 2 is 2.33 bits per heavy atom. The minimum Gasteiger partial charge on any atom is -0.439 e. The Balaban J connectivity index is 2.29. The standard InChI is InChI=1S/C11H14N2O2/c1-2-12-6-11-13-9-5-8(7-14)3-4-10(9)15-11/h3-5,12,14H,2,6-7H2,1H3. The van der Waals surface area contributed by atoms with Crippen molar-refractivity contribution in [3.05, 3.63) is 29.7 Å². The summed E-state index contributed by atoms with van der Waals surface area (Å²) in [4.78, 5) is 4.32. The first-order chi connectivity index (χ1) is 7.33. The van der Waals surface area contributed by atoms with E-state index in [0.29, 0.717) is 12.4 Å². The second-order valence-corrected chi connectivity index (χ2v) is 3.35. The maximum Gasteiger partial charge on any atom is 0.209 e. The van der Waals surface area contributed by atoms with Gasteiger partial charge in [-0.2, -0.15) is 0 Å². The molecule has 0 aliphatic carbocycles. The van der Waals surface area contributed by atoms with Crippen LogP contribution >= 0.6 is 0 Å². The van der Waals surface area contributed by atoms with Gasteiger partial charge in [-0.3, -0.25) is 0 Å². The molecule has 0 radical (unpaired) electrons. The fraction of sp³-hybridized carbons (Fsp3) is 0.364. The fourth-order valence-corrected chi connectivity index (χ4v) is 1.43. The Kier molecular flexibility index (Phi) is 2.99. The zero-order valence-corrected chi connectivity index (χ0v) is 8.66. The molecule has 4 nitrogen and oxygen atoms in total. The lowest BCUT2D eigenvalue weighted by molar-refractivity contribution is 0.282. The highest BCUT2D eigenvalue weighted by Crippen LogP contribution is 2.17. The quantitative estimate of drug-likeness (QED) is 0.794. The lowest BCUT2D eigenvalue weighted by Crippen LogP contribution is -2.11. The van der Waals surface area contributed by atoms with Crippen LogP contribution < -0.4 is 5.32 Å². The van der Waals surface area contributed by atoms with Crippen LogP contribution in [0.25, 0.3) is 11.1 Å². The molecule has 2 N–H and O–H groups in total. The Labute approximate surface area is 87.9 Å². The molecule has 15 heavy (non-hydrogen) atoms. The van der Waals surface area contributed by atoms with Crippen molar-refractivity contribution >= 4 is 11.1 Å². The van der Waals surface area contributed by atoms with Crippen LogP contribution in [-0.4, -0.2) is 16.6 Å². The first-order valence-electron chi connectivity index (χ1n) is 5.03. The zero-order valence-electron chi connectivity index (χ0n) is 8.66. The molecule has 0 aliphatic rings. The largest absolute Gasteiger partial charge is 0.439 e. The fourth-order valence-electron chi connectivity index (χ4n) is 1.43. The van der Waals surface area contributed by atoms with E-state index in [2.05, 4.69) is 10.3 Å². The van der Waals surface area contributed by atoms with E-state index in [1.54, 1.807) is 0 Å². The van der Waals surface area contributed by atoms with Gasteiger partial charge in [0.05, 0.1) is 13.2 Å². The average molecular weight is 206 g/mol. The third-order valence-electron chi connectivity index (χ3n) is 2.21. The van der Waals surface area contributed by atoms with Crippen molar-refractivity contribution in [1.29, 1.82) is 0 Å². The van der Waals surface area contributed by atoms with Crippen molar-refractivity contribution in [2.24, 2.45) is 0 Å². The summed E-state index contributed by atoms with van der Waals surface area (Å²) in [5, 5.41) is 12.1. The number of nitrogens with zero attached hydrogens (tertiary/aromatic N) is 1. The molecule has 0 saturated heterocycles. The Hall–Kier alpha value is -1.39. The normalized spacial score (nSPS) is 11.1. The Morgan fingerprint density at radius 1 is 1.47 bits per heavy atom. The third-order valence-corrected chi connectivity index (χ3v) is 2.21. The summed E-state index contributed by atoms with van der Waals surface area (Å²) in [7, 11) is 0. The number of aromatic nitrogens is 1. The molecule has 0 bridgehead atoms. The number of nitrogens with one attached hydrogen (secondary N) is 1. The molecule has 0 spiro atoms. The van der Waals surface area contributed by atoms with Crippen LogP contribution in [0.4, 0.5) is 0 Å². The van der Waals surface area contributed by atoms with Gasteiger partial charge < -0.3 is 14.8 Å². The van der Waals surface area contributed by atoms with Crippen molar-refractivity contribution in [2.75, 3.05) is 6.54 Å². The van der Waals surface area contributed by atoms with Gasteiger partial charge in [0.1, 0.15) is 5.52 Å². The highest BCUT2D eigenvalue weighted by Gasteiger charge is 2.05. The summed E-state index contributed by atoms with van der Waals surface area (Å²) < 4.78 is 5.51. The maximum atomic E-state index is 8.97. The first kappa shape index (κ1) is 10.1. The predicted molar refractivity (Wildman–Crippen MR) is 57.3 cm³/mol. The monoisotopic (exact) mass is 206 g/mol. The second kappa shape index (κ2) is 4.42. The van der Waals surface area contributed by atoms with Crippen molar-refractivity contribution in [1.82, 2.24) is 10.3 Å². The topological polar surface area (TPSA) is 58.3 Å². The van der Waals surface area contributed by atoms with E-state index >= 15 is 0 Å². The van der Waals surface area contributed by atoms with E-state index in [0.717, 1.165) is 23.2 Å². The zero-order chi connectivity index (χ0) is 10.7. The number of hydrogen-bond acceptors (Lipinski definition) is 4. The molecule has 4 heteroatoms. The van der Waals surface area contributed by atoms with Crippen molar-refractivity contribution < 1.29 is 9.52 Å². The van der Waals surface area contributed by atoms with Gasteiger partial charge in [-0.1, -0.05) is 13.0 Å².